The summed E-state index contributed by atoms with van der Waals surface area (Å²) in [4.78, 5) is 3.92. The summed E-state index contributed by atoms with van der Waals surface area (Å²) in [5.41, 5.74) is 0.692. The molecule has 0 bridgehead atoms. The molecule has 1 aromatic carbocycles. The lowest BCUT2D eigenvalue weighted by atomic mass is 10.2. The van der Waals surface area contributed by atoms with Crippen molar-refractivity contribution in [3.05, 3.63) is 48.3 Å². The van der Waals surface area contributed by atoms with Gasteiger partial charge in [0.2, 0.25) is 5.88 Å². The number of nitrogens with zero attached hydrogens (tertiary/aromatic N) is 4. The molecule has 1 N–H and O–H groups in total. The number of aromatic hydroxyl groups is 1. The van der Waals surface area contributed by atoms with Gasteiger partial charge >= 0.3 is 0 Å². The Labute approximate surface area is 140 Å². The van der Waals surface area contributed by atoms with Gasteiger partial charge in [-0.3, -0.25) is 4.98 Å². The summed E-state index contributed by atoms with van der Waals surface area (Å²) in [5.74, 6) is -0.133. The summed E-state index contributed by atoms with van der Waals surface area (Å²) in [7, 11) is 0. The lowest BCUT2D eigenvalue weighted by Crippen LogP contribution is -2.22. The van der Waals surface area contributed by atoms with Gasteiger partial charge in [-0.15, -0.1) is 10.2 Å². The average Bonchev–Trinajstić information content (AvgIpc) is 2.77. The number of benzene rings is 1. The van der Waals surface area contributed by atoms with Crippen LogP contribution in [0.5, 0.6) is 5.88 Å². The molecule has 1 aliphatic rings. The van der Waals surface area contributed by atoms with Crippen molar-refractivity contribution in [2.45, 2.75) is 6.04 Å². The number of pyridine rings is 1. The Morgan fingerprint density at radius 1 is 1.25 bits per heavy atom. The number of thioether (sulfide) groups is 1. The first-order chi connectivity index (χ1) is 11.6. The third-order valence-electron chi connectivity index (χ3n) is 3.86. The van der Waals surface area contributed by atoms with Crippen LogP contribution in [0.15, 0.2) is 46.9 Å². The van der Waals surface area contributed by atoms with Gasteiger partial charge in [-0.25, -0.2) is 8.78 Å². The van der Waals surface area contributed by atoms with Gasteiger partial charge in [0.25, 0.3) is 0 Å². The third kappa shape index (κ3) is 2.43. The molecule has 0 atom stereocenters. The molecule has 24 heavy (non-hydrogen) atoms. The molecule has 3 aromatic rings. The first-order valence-electron chi connectivity index (χ1n) is 7.26. The number of halogens is 2. The number of hydrogen-bond acceptors (Lipinski definition) is 5. The van der Waals surface area contributed by atoms with Gasteiger partial charge in [0.15, 0.2) is 11.5 Å². The molecular formula is C16H12F2N4OS. The molecule has 0 radical (unpaired) electrons. The quantitative estimate of drug-likeness (QED) is 0.698. The van der Waals surface area contributed by atoms with Crippen LogP contribution < -0.4 is 0 Å². The van der Waals surface area contributed by atoms with Gasteiger partial charge < -0.3 is 9.67 Å². The fourth-order valence-electron chi connectivity index (χ4n) is 2.68. The predicted molar refractivity (Wildman–Crippen MR) is 88.3 cm³/mol. The van der Waals surface area contributed by atoms with E-state index < -0.39 is 11.6 Å². The van der Waals surface area contributed by atoms with E-state index in [0.717, 1.165) is 23.6 Å². The zero-order valence-electron chi connectivity index (χ0n) is 12.4. The van der Waals surface area contributed by atoms with E-state index in [9.17, 15) is 13.9 Å². The summed E-state index contributed by atoms with van der Waals surface area (Å²) in [5, 5.41) is 18.8. The number of hydrogen-bond donors (Lipinski definition) is 1. The summed E-state index contributed by atoms with van der Waals surface area (Å²) in [6.07, 6.45) is 3.10. The van der Waals surface area contributed by atoms with Crippen molar-refractivity contribution >= 4 is 34.0 Å². The van der Waals surface area contributed by atoms with E-state index in [0.29, 0.717) is 5.69 Å². The first kappa shape index (κ1) is 15.1. The minimum atomic E-state index is -0.724. The third-order valence-corrected chi connectivity index (χ3v) is 5.10. The molecule has 0 amide bonds. The molecule has 0 saturated carbocycles. The second-order valence-electron chi connectivity index (χ2n) is 5.43. The molecule has 2 aromatic heterocycles. The van der Waals surface area contributed by atoms with Crippen LogP contribution in [0.2, 0.25) is 0 Å². The highest BCUT2D eigenvalue weighted by Crippen LogP contribution is 2.45. The maximum Gasteiger partial charge on any atom is 0.221 e. The Kier molecular flexibility index (Phi) is 3.68. The van der Waals surface area contributed by atoms with Crippen LogP contribution in [0.1, 0.15) is 6.04 Å². The highest BCUT2D eigenvalue weighted by molar-refractivity contribution is 8.00. The van der Waals surface area contributed by atoms with Gasteiger partial charge in [-0.2, -0.15) is 11.8 Å². The van der Waals surface area contributed by atoms with Gasteiger partial charge in [0.05, 0.1) is 17.8 Å². The number of aromatic nitrogens is 2. The molecule has 0 spiro atoms. The van der Waals surface area contributed by atoms with Gasteiger partial charge in [-0.1, -0.05) is 0 Å². The van der Waals surface area contributed by atoms with Crippen LogP contribution >= 0.6 is 11.8 Å². The van der Waals surface area contributed by atoms with Crippen molar-refractivity contribution in [3.8, 4) is 5.88 Å². The minimum absolute atomic E-state index is 0.0418. The van der Waals surface area contributed by atoms with Crippen LogP contribution in [0.3, 0.4) is 0 Å². The normalized spacial score (nSPS) is 15.2. The molecule has 4 rings (SSSR count). The Hall–Kier alpha value is -2.48. The van der Waals surface area contributed by atoms with E-state index in [1.165, 1.54) is 10.8 Å². The van der Waals surface area contributed by atoms with Crippen LogP contribution in [-0.4, -0.2) is 26.2 Å². The standard InChI is InChI=1S/C16H12F2N4OS/c17-9-4-12-14(21-20-10-2-1-3-19-6-10)16(23)22(11-7-24-8-11)15(12)13(18)5-9/h1-6,11,23H,7-8H2. The van der Waals surface area contributed by atoms with Crippen molar-refractivity contribution in [3.63, 3.8) is 0 Å². The molecule has 0 unspecified atom stereocenters. The lowest BCUT2D eigenvalue weighted by Gasteiger charge is -2.27. The maximum absolute atomic E-state index is 14.3. The molecule has 1 fully saturated rings. The monoisotopic (exact) mass is 346 g/mol. The van der Waals surface area contributed by atoms with Crippen molar-refractivity contribution < 1.29 is 13.9 Å². The number of fused-ring (bicyclic) bond motifs is 1. The van der Waals surface area contributed by atoms with Crippen LogP contribution in [0.25, 0.3) is 10.9 Å². The van der Waals surface area contributed by atoms with Crippen LogP contribution in [0, 0.1) is 11.6 Å². The zero-order chi connectivity index (χ0) is 16.7. The summed E-state index contributed by atoms with van der Waals surface area (Å²) < 4.78 is 29.5. The summed E-state index contributed by atoms with van der Waals surface area (Å²) >= 11 is 1.69. The van der Waals surface area contributed by atoms with Gasteiger partial charge in [-0.05, 0) is 18.2 Å². The van der Waals surface area contributed by atoms with E-state index in [-0.39, 0.29) is 28.5 Å². The summed E-state index contributed by atoms with van der Waals surface area (Å²) in [6, 6.07) is 5.32. The first-order valence-corrected chi connectivity index (χ1v) is 8.42. The highest BCUT2D eigenvalue weighted by atomic mass is 32.2. The van der Waals surface area contributed by atoms with E-state index in [4.69, 9.17) is 0 Å². The maximum atomic E-state index is 14.3. The van der Waals surface area contributed by atoms with Crippen molar-refractivity contribution in [1.82, 2.24) is 9.55 Å². The number of azo groups is 1. The SMILES string of the molecule is Oc1c(N=Nc2cccnc2)c2cc(F)cc(F)c2n1C1CSC1. The minimum Gasteiger partial charge on any atom is -0.493 e. The van der Waals surface area contributed by atoms with Crippen LogP contribution in [-0.2, 0) is 0 Å². The van der Waals surface area contributed by atoms with E-state index in [2.05, 4.69) is 15.2 Å². The fourth-order valence-corrected chi connectivity index (χ4v) is 3.42. The smallest absolute Gasteiger partial charge is 0.221 e. The van der Waals surface area contributed by atoms with E-state index in [1.54, 1.807) is 30.1 Å². The molecule has 122 valence electrons. The topological polar surface area (TPSA) is 62.8 Å². The van der Waals surface area contributed by atoms with Gasteiger partial charge in [0.1, 0.15) is 11.5 Å². The lowest BCUT2D eigenvalue weighted by molar-refractivity contribution is 0.404. The highest BCUT2D eigenvalue weighted by Gasteiger charge is 2.29. The molecule has 0 aliphatic carbocycles. The molecule has 1 saturated heterocycles. The Morgan fingerprint density at radius 2 is 2.08 bits per heavy atom. The second-order valence-corrected chi connectivity index (χ2v) is 6.50. The average molecular weight is 346 g/mol. The Morgan fingerprint density at radius 3 is 2.75 bits per heavy atom. The van der Waals surface area contributed by atoms with Crippen molar-refractivity contribution in [1.29, 1.82) is 0 Å². The van der Waals surface area contributed by atoms with E-state index >= 15 is 0 Å². The molecule has 8 heteroatoms. The molecule has 5 nitrogen and oxygen atoms in total. The van der Waals surface area contributed by atoms with Crippen molar-refractivity contribution in [2.75, 3.05) is 11.5 Å². The largest absolute Gasteiger partial charge is 0.493 e. The Balaban J connectivity index is 1.91. The molecular weight excluding hydrogens is 334 g/mol. The van der Waals surface area contributed by atoms with E-state index in [1.807, 2.05) is 0 Å². The molecule has 3 heterocycles. The van der Waals surface area contributed by atoms with Crippen molar-refractivity contribution in [2.24, 2.45) is 10.2 Å². The predicted octanol–water partition coefficient (Wildman–Crippen LogP) is 4.72. The number of rotatable bonds is 3. The van der Waals surface area contributed by atoms with Gasteiger partial charge in [0, 0.05) is 29.2 Å². The fraction of sp³-hybridized carbons (Fsp3) is 0.188. The Bertz CT molecular complexity index is 938. The zero-order valence-corrected chi connectivity index (χ0v) is 13.2. The van der Waals surface area contributed by atoms with Crippen LogP contribution in [0.4, 0.5) is 20.2 Å². The molecule has 1 aliphatic heterocycles. The summed E-state index contributed by atoms with van der Waals surface area (Å²) in [6.45, 7) is 0. The second kappa shape index (κ2) is 5.86.